The summed E-state index contributed by atoms with van der Waals surface area (Å²) in [5.74, 6) is -2.99. The van der Waals surface area contributed by atoms with E-state index in [1.54, 1.807) is 55.5 Å². The Kier molecular flexibility index (Phi) is 3.12. The van der Waals surface area contributed by atoms with Crippen LogP contribution >= 0.6 is 0 Å². The second kappa shape index (κ2) is 5.11. The zero-order chi connectivity index (χ0) is 17.8. The summed E-state index contributed by atoms with van der Waals surface area (Å²) in [6.07, 6.45) is 0. The maximum Gasteiger partial charge on any atom is 0.285 e. The van der Waals surface area contributed by atoms with Crippen molar-refractivity contribution >= 4 is 29.3 Å². The normalized spacial score (nSPS) is 18.4. The molecule has 2 aromatic rings. The van der Waals surface area contributed by atoms with Gasteiger partial charge in [-0.15, -0.1) is 0 Å². The summed E-state index contributed by atoms with van der Waals surface area (Å²) in [6.45, 7) is 1.82. The molecule has 2 aromatic carbocycles. The number of benzene rings is 2. The van der Waals surface area contributed by atoms with Gasteiger partial charge in [-0.25, -0.2) is 4.90 Å². The van der Waals surface area contributed by atoms with E-state index in [-0.39, 0.29) is 6.54 Å². The Morgan fingerprint density at radius 3 is 1.92 bits per heavy atom. The van der Waals surface area contributed by atoms with Gasteiger partial charge in [-0.1, -0.05) is 48.5 Å². The molecule has 0 atom stereocenters. The van der Waals surface area contributed by atoms with Gasteiger partial charge in [0.1, 0.15) is 0 Å². The molecule has 0 radical (unpaired) electrons. The van der Waals surface area contributed by atoms with Crippen LogP contribution in [0.3, 0.4) is 0 Å². The van der Waals surface area contributed by atoms with E-state index in [1.165, 1.54) is 0 Å². The van der Waals surface area contributed by atoms with Crippen molar-refractivity contribution in [1.29, 1.82) is 0 Å². The third-order valence-corrected chi connectivity index (χ3v) is 4.72. The molecule has 1 spiro atoms. The van der Waals surface area contributed by atoms with Gasteiger partial charge in [-0.05, 0) is 24.1 Å². The number of anilines is 1. The molecule has 6 nitrogen and oxygen atoms in total. The number of para-hydroxylation sites is 1. The molecule has 2 saturated heterocycles. The predicted molar refractivity (Wildman–Crippen MR) is 88.1 cm³/mol. The van der Waals surface area contributed by atoms with Gasteiger partial charge in [0, 0.05) is 0 Å². The molecule has 2 fully saturated rings. The van der Waals surface area contributed by atoms with Crippen LogP contribution in [0.25, 0.3) is 0 Å². The lowest BCUT2D eigenvalue weighted by Crippen LogP contribution is -2.84. The molecule has 2 aliphatic heterocycles. The summed E-state index contributed by atoms with van der Waals surface area (Å²) in [7, 11) is 0. The smallest absolute Gasteiger partial charge is 0.274 e. The highest BCUT2D eigenvalue weighted by Crippen LogP contribution is 2.47. The van der Waals surface area contributed by atoms with Crippen molar-refractivity contribution in [3.05, 3.63) is 65.7 Å². The Balaban J connectivity index is 1.60. The average molecular weight is 334 g/mol. The molecule has 0 N–H and O–H groups in total. The van der Waals surface area contributed by atoms with Crippen molar-refractivity contribution in [1.82, 2.24) is 4.90 Å². The van der Waals surface area contributed by atoms with E-state index in [4.69, 9.17) is 0 Å². The molecule has 4 rings (SSSR count). The number of carbonyl (C=O) groups excluding carboxylic acids is 4. The number of carbonyl (C=O) groups is 4. The fourth-order valence-electron chi connectivity index (χ4n) is 3.31. The highest BCUT2D eigenvalue weighted by molar-refractivity contribution is 6.59. The number of imide groups is 2. The lowest BCUT2D eigenvalue weighted by Gasteiger charge is -2.52. The van der Waals surface area contributed by atoms with Gasteiger partial charge in [0.15, 0.2) is 0 Å². The van der Waals surface area contributed by atoms with Crippen LogP contribution in [0.5, 0.6) is 0 Å². The van der Waals surface area contributed by atoms with Crippen molar-refractivity contribution < 1.29 is 19.2 Å². The second-order valence-electron chi connectivity index (χ2n) is 6.16. The molecule has 2 heterocycles. The Hall–Kier alpha value is -3.28. The number of rotatable bonds is 3. The molecule has 0 unspecified atom stereocenters. The van der Waals surface area contributed by atoms with E-state index in [2.05, 4.69) is 0 Å². The minimum Gasteiger partial charge on any atom is -0.274 e. The van der Waals surface area contributed by atoms with Crippen LogP contribution in [-0.4, -0.2) is 28.5 Å². The number of likely N-dealkylation sites (tertiary alicyclic amines) is 1. The first kappa shape index (κ1) is 15.3. The Morgan fingerprint density at radius 1 is 0.760 bits per heavy atom. The first-order valence-electron chi connectivity index (χ1n) is 7.84. The average Bonchev–Trinajstić information content (AvgIpc) is 2.63. The molecular weight excluding hydrogens is 320 g/mol. The van der Waals surface area contributed by atoms with Crippen LogP contribution in [0.2, 0.25) is 0 Å². The van der Waals surface area contributed by atoms with Crippen molar-refractivity contribution in [3.8, 4) is 0 Å². The molecule has 0 aliphatic carbocycles. The Bertz CT molecular complexity index is 901. The predicted octanol–water partition coefficient (Wildman–Crippen LogP) is 1.42. The number of hydrogen-bond acceptors (Lipinski definition) is 4. The Labute approximate surface area is 143 Å². The van der Waals surface area contributed by atoms with Crippen molar-refractivity contribution in [2.24, 2.45) is 5.41 Å². The van der Waals surface area contributed by atoms with E-state index in [1.807, 2.05) is 6.07 Å². The molecule has 4 amide bonds. The summed E-state index contributed by atoms with van der Waals surface area (Å²) < 4.78 is 0. The first-order valence-corrected chi connectivity index (χ1v) is 7.84. The SMILES string of the molecule is Cc1ccccc1N1C(=O)C2(C(=O)N(Cc3ccccc3)C2=O)C1=O. The minimum absolute atomic E-state index is 0.0607. The summed E-state index contributed by atoms with van der Waals surface area (Å²) in [4.78, 5) is 52.0. The zero-order valence-corrected chi connectivity index (χ0v) is 13.4. The lowest BCUT2D eigenvalue weighted by molar-refractivity contribution is -0.187. The molecule has 0 saturated carbocycles. The second-order valence-corrected chi connectivity index (χ2v) is 6.16. The van der Waals surface area contributed by atoms with Crippen LogP contribution < -0.4 is 4.90 Å². The summed E-state index contributed by atoms with van der Waals surface area (Å²) >= 11 is 0. The van der Waals surface area contributed by atoms with Crippen LogP contribution in [0.4, 0.5) is 5.69 Å². The zero-order valence-electron chi connectivity index (χ0n) is 13.4. The lowest BCUT2D eigenvalue weighted by atomic mass is 9.68. The van der Waals surface area contributed by atoms with Crippen LogP contribution in [0, 0.1) is 12.3 Å². The van der Waals surface area contributed by atoms with Gasteiger partial charge in [0.2, 0.25) is 0 Å². The van der Waals surface area contributed by atoms with Gasteiger partial charge in [0.05, 0.1) is 12.2 Å². The van der Waals surface area contributed by atoms with Crippen LogP contribution in [0.15, 0.2) is 54.6 Å². The van der Waals surface area contributed by atoms with Crippen molar-refractivity contribution in [2.75, 3.05) is 4.90 Å². The number of β-lactam (4-membered cyclic amide) rings is 4. The van der Waals surface area contributed by atoms with E-state index in [0.717, 1.165) is 20.9 Å². The summed E-state index contributed by atoms with van der Waals surface area (Å²) in [5, 5.41) is 0. The fraction of sp³-hybridized carbons (Fsp3) is 0.158. The quantitative estimate of drug-likeness (QED) is 0.628. The molecule has 0 aromatic heterocycles. The standard InChI is InChI=1S/C19H14N2O4/c1-12-7-5-6-10-14(12)21-17(24)19(18(21)25)15(22)20(16(19)23)11-13-8-3-2-4-9-13/h2-10H,11H2,1H3. The maximum absolute atomic E-state index is 12.6. The Morgan fingerprint density at radius 2 is 1.32 bits per heavy atom. The van der Waals surface area contributed by atoms with E-state index < -0.39 is 29.0 Å². The molecule has 6 heteroatoms. The van der Waals surface area contributed by atoms with Gasteiger partial charge >= 0.3 is 0 Å². The number of aryl methyl sites for hydroxylation is 1. The van der Waals surface area contributed by atoms with Crippen LogP contribution in [0.1, 0.15) is 11.1 Å². The van der Waals surface area contributed by atoms with Gasteiger partial charge in [-0.2, -0.15) is 0 Å². The van der Waals surface area contributed by atoms with Crippen molar-refractivity contribution in [2.45, 2.75) is 13.5 Å². The van der Waals surface area contributed by atoms with E-state index >= 15 is 0 Å². The highest BCUT2D eigenvalue weighted by Gasteiger charge is 2.80. The first-order chi connectivity index (χ1) is 12.0. The van der Waals surface area contributed by atoms with E-state index in [9.17, 15) is 19.2 Å². The highest BCUT2D eigenvalue weighted by atomic mass is 16.2. The van der Waals surface area contributed by atoms with E-state index in [0.29, 0.717) is 5.69 Å². The topological polar surface area (TPSA) is 74.8 Å². The monoisotopic (exact) mass is 334 g/mol. The molecule has 124 valence electrons. The van der Waals surface area contributed by atoms with Gasteiger partial charge in [-0.3, -0.25) is 24.1 Å². The molecule has 25 heavy (non-hydrogen) atoms. The number of hydrogen-bond donors (Lipinski definition) is 0. The third-order valence-electron chi connectivity index (χ3n) is 4.72. The largest absolute Gasteiger partial charge is 0.285 e. The van der Waals surface area contributed by atoms with Gasteiger partial charge in [0.25, 0.3) is 29.0 Å². The van der Waals surface area contributed by atoms with Crippen LogP contribution in [-0.2, 0) is 25.7 Å². The number of amides is 4. The molecule has 0 bridgehead atoms. The fourth-order valence-corrected chi connectivity index (χ4v) is 3.31. The molecular formula is C19H14N2O4. The maximum atomic E-state index is 12.6. The summed E-state index contributed by atoms with van der Waals surface area (Å²) in [5.41, 5.74) is -0.268. The van der Waals surface area contributed by atoms with Crippen molar-refractivity contribution in [3.63, 3.8) is 0 Å². The third kappa shape index (κ3) is 1.79. The van der Waals surface area contributed by atoms with Gasteiger partial charge < -0.3 is 0 Å². The number of nitrogens with zero attached hydrogens (tertiary/aromatic N) is 2. The molecule has 2 aliphatic rings. The summed E-state index contributed by atoms with van der Waals surface area (Å²) in [6, 6.07) is 15.8. The minimum atomic E-state index is -2.16.